The van der Waals surface area contributed by atoms with Crippen LogP contribution in [0.25, 0.3) is 0 Å². The van der Waals surface area contributed by atoms with Crippen LogP contribution in [0, 0.1) is 11.6 Å². The van der Waals surface area contributed by atoms with Crippen LogP contribution in [0.15, 0.2) is 18.2 Å². The van der Waals surface area contributed by atoms with Crippen molar-refractivity contribution in [2.75, 3.05) is 19.6 Å². The summed E-state index contributed by atoms with van der Waals surface area (Å²) in [5.74, 6) is -0.971. The van der Waals surface area contributed by atoms with Gasteiger partial charge in [-0.05, 0) is 13.0 Å². The molecule has 0 aliphatic carbocycles. The Morgan fingerprint density at radius 3 is 2.94 bits per heavy atom. The minimum atomic E-state index is -0.519. The number of hydrogen-bond acceptors (Lipinski definition) is 2. The highest BCUT2D eigenvalue weighted by atomic mass is 19.1. The smallest absolute Gasteiger partial charge is 0.130 e. The van der Waals surface area contributed by atoms with Crippen molar-refractivity contribution in [2.45, 2.75) is 19.5 Å². The Bertz CT molecular complexity index is 368. The number of piperazine rings is 1. The lowest BCUT2D eigenvalue weighted by Gasteiger charge is -2.31. The molecule has 1 heterocycles. The first-order valence-electron chi connectivity index (χ1n) is 5.55. The van der Waals surface area contributed by atoms with Crippen molar-refractivity contribution in [3.05, 3.63) is 35.4 Å². The number of rotatable bonds is 2. The zero-order valence-electron chi connectivity index (χ0n) is 9.34. The molecule has 88 valence electrons. The van der Waals surface area contributed by atoms with Gasteiger partial charge in [-0.3, -0.25) is 4.90 Å². The van der Waals surface area contributed by atoms with Gasteiger partial charge in [0.1, 0.15) is 11.6 Å². The molecule has 1 aliphatic rings. The van der Waals surface area contributed by atoms with Crippen LogP contribution in [0.1, 0.15) is 12.5 Å². The normalized spacial score (nSPS) is 22.3. The summed E-state index contributed by atoms with van der Waals surface area (Å²) in [6, 6.07) is 4.21. The molecule has 2 rings (SSSR count). The Kier molecular flexibility index (Phi) is 3.51. The number of halogens is 2. The topological polar surface area (TPSA) is 15.3 Å². The van der Waals surface area contributed by atoms with Crippen molar-refractivity contribution >= 4 is 0 Å². The van der Waals surface area contributed by atoms with Crippen molar-refractivity contribution in [1.82, 2.24) is 10.2 Å². The summed E-state index contributed by atoms with van der Waals surface area (Å²) in [4.78, 5) is 2.18. The van der Waals surface area contributed by atoms with E-state index >= 15 is 0 Å². The van der Waals surface area contributed by atoms with E-state index in [1.165, 1.54) is 12.1 Å². The highest BCUT2D eigenvalue weighted by molar-refractivity contribution is 5.18. The molecule has 1 saturated heterocycles. The van der Waals surface area contributed by atoms with Gasteiger partial charge in [-0.1, -0.05) is 6.07 Å². The van der Waals surface area contributed by atoms with Crippen LogP contribution >= 0.6 is 0 Å². The summed E-state index contributed by atoms with van der Waals surface area (Å²) in [6.07, 6.45) is 0. The fraction of sp³-hybridized carbons (Fsp3) is 0.500. The van der Waals surface area contributed by atoms with E-state index in [2.05, 4.69) is 17.1 Å². The Labute approximate surface area is 94.3 Å². The number of nitrogens with one attached hydrogen (secondary N) is 1. The molecule has 0 aromatic heterocycles. The van der Waals surface area contributed by atoms with Gasteiger partial charge in [-0.15, -0.1) is 0 Å². The van der Waals surface area contributed by atoms with Gasteiger partial charge in [0.05, 0.1) is 0 Å². The Balaban J connectivity index is 2.02. The van der Waals surface area contributed by atoms with E-state index < -0.39 is 11.6 Å². The first-order chi connectivity index (χ1) is 7.65. The molecular weight excluding hydrogens is 210 g/mol. The highest BCUT2D eigenvalue weighted by Crippen LogP contribution is 2.13. The third kappa shape index (κ3) is 2.77. The minimum absolute atomic E-state index is 0.428. The second-order valence-electron chi connectivity index (χ2n) is 4.33. The van der Waals surface area contributed by atoms with Crippen LogP contribution in [0.4, 0.5) is 8.78 Å². The average Bonchev–Trinajstić information content (AvgIpc) is 2.22. The van der Waals surface area contributed by atoms with E-state index in [1.54, 1.807) is 0 Å². The molecule has 0 spiro atoms. The molecule has 16 heavy (non-hydrogen) atoms. The Morgan fingerprint density at radius 2 is 2.25 bits per heavy atom. The Hall–Kier alpha value is -1.00. The molecule has 0 bridgehead atoms. The molecule has 1 atom stereocenters. The van der Waals surface area contributed by atoms with Gasteiger partial charge < -0.3 is 5.32 Å². The van der Waals surface area contributed by atoms with E-state index in [4.69, 9.17) is 0 Å². The molecule has 4 heteroatoms. The molecular formula is C12H16F2N2. The molecule has 1 aliphatic heterocycles. The summed E-state index contributed by atoms with van der Waals surface area (Å²) in [7, 11) is 0. The molecule has 1 aromatic carbocycles. The molecule has 1 N–H and O–H groups in total. The lowest BCUT2D eigenvalue weighted by molar-refractivity contribution is 0.197. The summed E-state index contributed by atoms with van der Waals surface area (Å²) >= 11 is 0. The van der Waals surface area contributed by atoms with Crippen molar-refractivity contribution in [3.8, 4) is 0 Å². The average molecular weight is 226 g/mol. The van der Waals surface area contributed by atoms with Crippen LogP contribution in [0.2, 0.25) is 0 Å². The van der Waals surface area contributed by atoms with Crippen LogP contribution in [-0.2, 0) is 6.54 Å². The zero-order valence-corrected chi connectivity index (χ0v) is 9.34. The fourth-order valence-corrected chi connectivity index (χ4v) is 2.05. The van der Waals surface area contributed by atoms with Gasteiger partial charge in [0.25, 0.3) is 0 Å². The lowest BCUT2D eigenvalue weighted by atomic mass is 10.1. The first kappa shape index (κ1) is 11.5. The zero-order chi connectivity index (χ0) is 11.5. The second kappa shape index (κ2) is 4.89. The summed E-state index contributed by atoms with van der Waals surface area (Å²) in [5.41, 5.74) is 0.565. The third-order valence-electron chi connectivity index (χ3n) is 2.86. The van der Waals surface area contributed by atoms with Gasteiger partial charge in [0, 0.05) is 43.9 Å². The molecule has 1 fully saturated rings. The second-order valence-corrected chi connectivity index (χ2v) is 4.33. The minimum Gasteiger partial charge on any atom is -0.312 e. The van der Waals surface area contributed by atoms with Crippen LogP contribution in [0.3, 0.4) is 0 Å². The SMILES string of the molecule is C[C@H]1CN(Cc2ccc(F)cc2F)CCN1. The van der Waals surface area contributed by atoms with E-state index in [9.17, 15) is 8.78 Å². The maximum atomic E-state index is 13.4. The predicted octanol–water partition coefficient (Wildman–Crippen LogP) is 1.76. The first-order valence-corrected chi connectivity index (χ1v) is 5.55. The van der Waals surface area contributed by atoms with Gasteiger partial charge in [-0.2, -0.15) is 0 Å². The van der Waals surface area contributed by atoms with Crippen molar-refractivity contribution in [3.63, 3.8) is 0 Å². The fourth-order valence-electron chi connectivity index (χ4n) is 2.05. The largest absolute Gasteiger partial charge is 0.312 e. The van der Waals surface area contributed by atoms with Crippen LogP contribution in [0.5, 0.6) is 0 Å². The van der Waals surface area contributed by atoms with Crippen LogP contribution < -0.4 is 5.32 Å². The molecule has 0 saturated carbocycles. The summed E-state index contributed by atoms with van der Waals surface area (Å²) in [6.45, 7) is 5.38. The lowest BCUT2D eigenvalue weighted by Crippen LogP contribution is -2.48. The van der Waals surface area contributed by atoms with E-state index in [-0.39, 0.29) is 0 Å². The summed E-state index contributed by atoms with van der Waals surface area (Å²) in [5, 5.41) is 3.33. The van der Waals surface area contributed by atoms with E-state index in [0.717, 1.165) is 25.7 Å². The monoisotopic (exact) mass is 226 g/mol. The van der Waals surface area contributed by atoms with E-state index in [0.29, 0.717) is 18.2 Å². The number of hydrogen-bond donors (Lipinski definition) is 1. The maximum Gasteiger partial charge on any atom is 0.130 e. The predicted molar refractivity (Wildman–Crippen MR) is 59.1 cm³/mol. The molecule has 0 unspecified atom stereocenters. The highest BCUT2D eigenvalue weighted by Gasteiger charge is 2.16. The molecule has 1 aromatic rings. The molecule has 0 radical (unpaired) electrons. The summed E-state index contributed by atoms with van der Waals surface area (Å²) < 4.78 is 26.1. The van der Waals surface area contributed by atoms with Gasteiger partial charge in [0.2, 0.25) is 0 Å². The molecule has 0 amide bonds. The third-order valence-corrected chi connectivity index (χ3v) is 2.86. The van der Waals surface area contributed by atoms with Gasteiger partial charge >= 0.3 is 0 Å². The quantitative estimate of drug-likeness (QED) is 0.826. The standard InChI is InChI=1S/C12H16F2N2/c1-9-7-16(5-4-15-9)8-10-2-3-11(13)6-12(10)14/h2-3,6,9,15H,4-5,7-8H2,1H3/t9-/m0/s1. The van der Waals surface area contributed by atoms with Crippen molar-refractivity contribution in [2.24, 2.45) is 0 Å². The van der Waals surface area contributed by atoms with Crippen molar-refractivity contribution in [1.29, 1.82) is 0 Å². The molecule has 2 nitrogen and oxygen atoms in total. The maximum absolute atomic E-state index is 13.4. The van der Waals surface area contributed by atoms with E-state index in [1.807, 2.05) is 0 Å². The Morgan fingerprint density at radius 1 is 1.44 bits per heavy atom. The van der Waals surface area contributed by atoms with Gasteiger partial charge in [0.15, 0.2) is 0 Å². The van der Waals surface area contributed by atoms with Crippen molar-refractivity contribution < 1.29 is 8.78 Å². The van der Waals surface area contributed by atoms with Gasteiger partial charge in [-0.25, -0.2) is 8.78 Å². The number of benzene rings is 1. The van der Waals surface area contributed by atoms with Crippen LogP contribution in [-0.4, -0.2) is 30.6 Å². The number of nitrogens with zero attached hydrogens (tertiary/aromatic N) is 1.